The summed E-state index contributed by atoms with van der Waals surface area (Å²) < 4.78 is 0. The van der Waals surface area contributed by atoms with Crippen LogP contribution in [0.4, 0.5) is 0 Å². The average molecular weight is 156 g/mol. The summed E-state index contributed by atoms with van der Waals surface area (Å²) in [4.78, 5) is 0. The normalized spacial score (nSPS) is 31.6. The average Bonchev–Trinajstić information content (AvgIpc) is 2.34. The van der Waals surface area contributed by atoms with Crippen LogP contribution < -0.4 is 10.6 Å². The second-order valence-electron chi connectivity index (χ2n) is 3.90. The predicted octanol–water partition coefficient (Wildman–Crippen LogP) is 1.19. The van der Waals surface area contributed by atoms with Crippen LogP contribution in [-0.2, 0) is 0 Å². The van der Waals surface area contributed by atoms with Crippen molar-refractivity contribution in [3.8, 4) is 0 Å². The van der Waals surface area contributed by atoms with Crippen molar-refractivity contribution in [2.75, 3.05) is 13.6 Å². The largest absolute Gasteiger partial charge is 0.305 e. The van der Waals surface area contributed by atoms with Gasteiger partial charge < -0.3 is 10.6 Å². The van der Waals surface area contributed by atoms with E-state index in [-0.39, 0.29) is 0 Å². The monoisotopic (exact) mass is 156 g/mol. The second-order valence-corrected chi connectivity index (χ2v) is 3.90. The molecule has 1 saturated heterocycles. The summed E-state index contributed by atoms with van der Waals surface area (Å²) in [6.07, 6.45) is 3.25. The highest BCUT2D eigenvalue weighted by Crippen LogP contribution is 2.21. The van der Waals surface area contributed by atoms with Crippen molar-refractivity contribution in [2.45, 2.75) is 32.9 Å². The minimum Gasteiger partial charge on any atom is -0.305 e. The van der Waals surface area contributed by atoms with Gasteiger partial charge >= 0.3 is 0 Å². The van der Waals surface area contributed by atoms with Crippen LogP contribution in [0.1, 0.15) is 26.7 Å². The molecule has 0 saturated carbocycles. The van der Waals surface area contributed by atoms with E-state index in [0.717, 1.165) is 11.8 Å². The Balaban J connectivity index is 2.31. The Hall–Kier alpha value is -0.0800. The fourth-order valence-electron chi connectivity index (χ4n) is 1.95. The summed E-state index contributed by atoms with van der Waals surface area (Å²) in [6.45, 7) is 5.78. The van der Waals surface area contributed by atoms with E-state index < -0.39 is 0 Å². The standard InChI is InChI=1S/C9H20N2/c1-7(2)6-8-4-5-11-9(8)10-3/h7-11H,4-6H2,1-3H3. The van der Waals surface area contributed by atoms with E-state index in [1.165, 1.54) is 19.4 Å². The predicted molar refractivity (Wildman–Crippen MR) is 48.4 cm³/mol. The Labute approximate surface area is 69.8 Å². The van der Waals surface area contributed by atoms with Crippen molar-refractivity contribution in [2.24, 2.45) is 11.8 Å². The van der Waals surface area contributed by atoms with Crippen LogP contribution in [0.5, 0.6) is 0 Å². The molecule has 11 heavy (non-hydrogen) atoms. The third-order valence-corrected chi connectivity index (χ3v) is 2.44. The lowest BCUT2D eigenvalue weighted by Crippen LogP contribution is -2.39. The molecule has 2 atom stereocenters. The van der Waals surface area contributed by atoms with Gasteiger partial charge in [0.25, 0.3) is 0 Å². The minimum absolute atomic E-state index is 0.567. The maximum absolute atomic E-state index is 3.45. The minimum atomic E-state index is 0.567. The molecule has 0 aromatic carbocycles. The molecule has 1 fully saturated rings. The van der Waals surface area contributed by atoms with Crippen LogP contribution in [0.15, 0.2) is 0 Å². The first-order valence-electron chi connectivity index (χ1n) is 4.64. The Kier molecular flexibility index (Phi) is 3.34. The molecule has 0 bridgehead atoms. The second kappa shape index (κ2) is 4.07. The van der Waals surface area contributed by atoms with E-state index >= 15 is 0 Å². The Morgan fingerprint density at radius 1 is 1.55 bits per heavy atom. The molecule has 0 aromatic rings. The molecule has 2 unspecified atom stereocenters. The van der Waals surface area contributed by atoms with Crippen molar-refractivity contribution in [1.29, 1.82) is 0 Å². The first-order chi connectivity index (χ1) is 5.24. The molecule has 66 valence electrons. The van der Waals surface area contributed by atoms with Crippen molar-refractivity contribution in [3.63, 3.8) is 0 Å². The lowest BCUT2D eigenvalue weighted by Gasteiger charge is -2.20. The maximum Gasteiger partial charge on any atom is 0.0598 e. The van der Waals surface area contributed by atoms with Gasteiger partial charge in [-0.2, -0.15) is 0 Å². The van der Waals surface area contributed by atoms with Gasteiger partial charge in [-0.15, -0.1) is 0 Å². The topological polar surface area (TPSA) is 24.1 Å². The molecule has 0 radical (unpaired) electrons. The van der Waals surface area contributed by atoms with Gasteiger partial charge in [-0.25, -0.2) is 0 Å². The maximum atomic E-state index is 3.45. The molecule has 0 aromatic heterocycles. The molecule has 1 rings (SSSR count). The van der Waals surface area contributed by atoms with Gasteiger partial charge in [-0.3, -0.25) is 0 Å². The van der Waals surface area contributed by atoms with Crippen molar-refractivity contribution < 1.29 is 0 Å². The molecule has 0 amide bonds. The fraction of sp³-hybridized carbons (Fsp3) is 1.00. The van der Waals surface area contributed by atoms with Crippen LogP contribution in [0.3, 0.4) is 0 Å². The molecule has 1 heterocycles. The Bertz CT molecular complexity index is 112. The van der Waals surface area contributed by atoms with Crippen LogP contribution in [-0.4, -0.2) is 19.8 Å². The van der Waals surface area contributed by atoms with Crippen LogP contribution in [0.25, 0.3) is 0 Å². The summed E-state index contributed by atoms with van der Waals surface area (Å²) in [6, 6.07) is 0. The Morgan fingerprint density at radius 2 is 2.27 bits per heavy atom. The molecule has 1 aliphatic heterocycles. The van der Waals surface area contributed by atoms with E-state index in [9.17, 15) is 0 Å². The lowest BCUT2D eigenvalue weighted by molar-refractivity contribution is 0.338. The summed E-state index contributed by atoms with van der Waals surface area (Å²) in [5, 5.41) is 6.76. The molecule has 2 N–H and O–H groups in total. The molecule has 2 nitrogen and oxygen atoms in total. The summed E-state index contributed by atoms with van der Waals surface area (Å²) in [5.74, 6) is 1.68. The van der Waals surface area contributed by atoms with Crippen molar-refractivity contribution in [3.05, 3.63) is 0 Å². The summed E-state index contributed by atoms with van der Waals surface area (Å²) in [5.41, 5.74) is 0. The van der Waals surface area contributed by atoms with Crippen molar-refractivity contribution >= 4 is 0 Å². The van der Waals surface area contributed by atoms with E-state index in [2.05, 4.69) is 24.5 Å². The van der Waals surface area contributed by atoms with E-state index in [0.29, 0.717) is 6.17 Å². The third kappa shape index (κ3) is 2.46. The van der Waals surface area contributed by atoms with Crippen LogP contribution in [0, 0.1) is 11.8 Å². The zero-order valence-corrected chi connectivity index (χ0v) is 7.85. The highest BCUT2D eigenvalue weighted by molar-refractivity contribution is 4.81. The number of hydrogen-bond acceptors (Lipinski definition) is 2. The summed E-state index contributed by atoms with van der Waals surface area (Å²) in [7, 11) is 2.04. The SMILES string of the molecule is CNC1NCCC1CC(C)C. The number of hydrogen-bond donors (Lipinski definition) is 2. The first-order valence-corrected chi connectivity index (χ1v) is 4.64. The van der Waals surface area contributed by atoms with E-state index in [4.69, 9.17) is 0 Å². The molecular formula is C9H20N2. The van der Waals surface area contributed by atoms with Gasteiger partial charge in [0, 0.05) is 0 Å². The zero-order valence-electron chi connectivity index (χ0n) is 7.85. The highest BCUT2D eigenvalue weighted by Gasteiger charge is 2.25. The lowest BCUT2D eigenvalue weighted by atomic mass is 9.94. The van der Waals surface area contributed by atoms with Gasteiger partial charge in [0.15, 0.2) is 0 Å². The zero-order chi connectivity index (χ0) is 8.27. The molecule has 0 spiro atoms. The van der Waals surface area contributed by atoms with E-state index in [1.54, 1.807) is 0 Å². The van der Waals surface area contributed by atoms with E-state index in [1.807, 2.05) is 7.05 Å². The van der Waals surface area contributed by atoms with Crippen molar-refractivity contribution in [1.82, 2.24) is 10.6 Å². The van der Waals surface area contributed by atoms with Gasteiger partial charge in [-0.1, -0.05) is 13.8 Å². The fourth-order valence-corrected chi connectivity index (χ4v) is 1.95. The molecule has 1 aliphatic rings. The number of nitrogens with one attached hydrogen (secondary N) is 2. The quantitative estimate of drug-likeness (QED) is 0.641. The highest BCUT2D eigenvalue weighted by atomic mass is 15.1. The van der Waals surface area contributed by atoms with Crippen LogP contribution in [0.2, 0.25) is 0 Å². The van der Waals surface area contributed by atoms with Gasteiger partial charge in [0.2, 0.25) is 0 Å². The number of rotatable bonds is 3. The molecular weight excluding hydrogens is 136 g/mol. The smallest absolute Gasteiger partial charge is 0.0598 e. The molecule has 2 heteroatoms. The molecule has 0 aliphatic carbocycles. The first kappa shape index (κ1) is 9.01. The van der Waals surface area contributed by atoms with Gasteiger partial charge in [0.1, 0.15) is 0 Å². The van der Waals surface area contributed by atoms with Gasteiger partial charge in [0.05, 0.1) is 6.17 Å². The third-order valence-electron chi connectivity index (χ3n) is 2.44. The van der Waals surface area contributed by atoms with Gasteiger partial charge in [-0.05, 0) is 38.3 Å². The Morgan fingerprint density at radius 3 is 2.82 bits per heavy atom. The van der Waals surface area contributed by atoms with Crippen LogP contribution >= 0.6 is 0 Å². The summed E-state index contributed by atoms with van der Waals surface area (Å²) >= 11 is 0.